The summed E-state index contributed by atoms with van der Waals surface area (Å²) in [6.07, 6.45) is -0.901. The summed E-state index contributed by atoms with van der Waals surface area (Å²) in [4.78, 5) is 22.4. The SMILES string of the molecule is O=C(NCC(O)c1cccc2ccccc12)c1ccc([N+](=O)[O-])cc1Cl. The number of hydrogen-bond donors (Lipinski definition) is 2. The number of aliphatic hydroxyl groups is 1. The van der Waals surface area contributed by atoms with Gasteiger partial charge in [-0.15, -0.1) is 0 Å². The molecule has 0 spiro atoms. The number of fused-ring (bicyclic) bond motifs is 1. The van der Waals surface area contributed by atoms with E-state index in [1.165, 1.54) is 12.1 Å². The molecule has 0 aliphatic heterocycles. The number of nitro benzene ring substituents is 1. The van der Waals surface area contributed by atoms with E-state index >= 15 is 0 Å². The van der Waals surface area contributed by atoms with E-state index in [4.69, 9.17) is 11.6 Å². The predicted octanol–water partition coefficient (Wildman–Crippen LogP) is 3.86. The summed E-state index contributed by atoms with van der Waals surface area (Å²) in [5.41, 5.74) is 0.628. The molecular weight excluding hydrogens is 356 g/mol. The number of hydrogen-bond acceptors (Lipinski definition) is 4. The van der Waals surface area contributed by atoms with Crippen molar-refractivity contribution in [3.8, 4) is 0 Å². The lowest BCUT2D eigenvalue weighted by molar-refractivity contribution is -0.384. The van der Waals surface area contributed by atoms with Gasteiger partial charge in [0.15, 0.2) is 0 Å². The average Bonchev–Trinajstić information content (AvgIpc) is 2.65. The summed E-state index contributed by atoms with van der Waals surface area (Å²) < 4.78 is 0. The van der Waals surface area contributed by atoms with Crippen LogP contribution in [0.15, 0.2) is 60.7 Å². The van der Waals surface area contributed by atoms with E-state index in [-0.39, 0.29) is 22.8 Å². The second-order valence-electron chi connectivity index (χ2n) is 5.72. The van der Waals surface area contributed by atoms with Crippen molar-refractivity contribution >= 4 is 34.0 Å². The Morgan fingerprint density at radius 3 is 2.62 bits per heavy atom. The predicted molar refractivity (Wildman–Crippen MR) is 99.3 cm³/mol. The lowest BCUT2D eigenvalue weighted by atomic mass is 10.0. The first-order chi connectivity index (χ1) is 12.5. The molecule has 0 bridgehead atoms. The van der Waals surface area contributed by atoms with Gasteiger partial charge in [0, 0.05) is 18.7 Å². The highest BCUT2D eigenvalue weighted by Gasteiger charge is 2.17. The minimum Gasteiger partial charge on any atom is -0.387 e. The molecule has 1 unspecified atom stereocenters. The maximum absolute atomic E-state index is 12.3. The zero-order chi connectivity index (χ0) is 18.7. The number of nitrogens with one attached hydrogen (secondary N) is 1. The van der Waals surface area contributed by atoms with Gasteiger partial charge >= 0.3 is 0 Å². The molecule has 132 valence electrons. The second kappa shape index (κ2) is 7.51. The van der Waals surface area contributed by atoms with Gasteiger partial charge in [-0.2, -0.15) is 0 Å². The number of halogens is 1. The Bertz CT molecular complexity index is 985. The molecule has 2 N–H and O–H groups in total. The lowest BCUT2D eigenvalue weighted by Crippen LogP contribution is -2.28. The molecule has 6 nitrogen and oxygen atoms in total. The Labute approximate surface area is 154 Å². The summed E-state index contributed by atoms with van der Waals surface area (Å²) in [5, 5.41) is 25.7. The molecule has 7 heteroatoms. The van der Waals surface area contributed by atoms with Gasteiger partial charge in [0.05, 0.1) is 21.6 Å². The van der Waals surface area contributed by atoms with E-state index in [0.29, 0.717) is 5.56 Å². The zero-order valence-electron chi connectivity index (χ0n) is 13.6. The largest absolute Gasteiger partial charge is 0.387 e. The smallest absolute Gasteiger partial charge is 0.270 e. The third-order valence-corrected chi connectivity index (χ3v) is 4.36. The van der Waals surface area contributed by atoms with E-state index in [0.717, 1.165) is 16.8 Å². The minimum absolute atomic E-state index is 0.0137. The van der Waals surface area contributed by atoms with Crippen LogP contribution in [0.3, 0.4) is 0 Å². The fourth-order valence-electron chi connectivity index (χ4n) is 2.74. The number of non-ortho nitro benzene ring substituents is 1. The molecule has 1 atom stereocenters. The maximum Gasteiger partial charge on any atom is 0.270 e. The van der Waals surface area contributed by atoms with Crippen molar-refractivity contribution in [2.24, 2.45) is 0 Å². The molecule has 0 fully saturated rings. The molecule has 3 aromatic rings. The van der Waals surface area contributed by atoms with Crippen molar-refractivity contribution in [3.63, 3.8) is 0 Å². The summed E-state index contributed by atoms with van der Waals surface area (Å²) >= 11 is 5.95. The highest BCUT2D eigenvalue weighted by molar-refractivity contribution is 6.34. The highest BCUT2D eigenvalue weighted by atomic mass is 35.5. The van der Waals surface area contributed by atoms with Gasteiger partial charge in [-0.3, -0.25) is 14.9 Å². The summed E-state index contributed by atoms with van der Waals surface area (Å²) in [6, 6.07) is 16.9. The van der Waals surface area contributed by atoms with Gasteiger partial charge in [-0.25, -0.2) is 0 Å². The molecule has 0 heterocycles. The lowest BCUT2D eigenvalue weighted by Gasteiger charge is -2.15. The Kier molecular flexibility index (Phi) is 5.16. The first kappa shape index (κ1) is 17.8. The second-order valence-corrected chi connectivity index (χ2v) is 6.12. The molecular formula is C19H15ClN2O4. The van der Waals surface area contributed by atoms with Gasteiger partial charge < -0.3 is 10.4 Å². The number of rotatable bonds is 5. The standard InChI is InChI=1S/C19H15ClN2O4/c20-17-10-13(22(25)26)8-9-16(17)19(24)21-11-18(23)15-7-3-5-12-4-1-2-6-14(12)15/h1-10,18,23H,11H2,(H,21,24). The molecule has 0 aliphatic carbocycles. The fourth-order valence-corrected chi connectivity index (χ4v) is 3.00. The van der Waals surface area contributed by atoms with Gasteiger partial charge in [0.25, 0.3) is 11.6 Å². The van der Waals surface area contributed by atoms with Crippen LogP contribution in [0.25, 0.3) is 10.8 Å². The number of aliphatic hydroxyl groups excluding tert-OH is 1. The first-order valence-corrected chi connectivity index (χ1v) is 8.23. The van der Waals surface area contributed by atoms with E-state index in [1.807, 2.05) is 36.4 Å². The summed E-state index contributed by atoms with van der Waals surface area (Å²) in [7, 11) is 0. The summed E-state index contributed by atoms with van der Waals surface area (Å²) in [5.74, 6) is -0.510. The first-order valence-electron chi connectivity index (χ1n) is 7.85. The molecule has 0 saturated carbocycles. The average molecular weight is 371 g/mol. The molecule has 26 heavy (non-hydrogen) atoms. The van der Waals surface area contributed by atoms with Crippen LogP contribution in [0.4, 0.5) is 5.69 Å². The Balaban J connectivity index is 1.74. The van der Waals surface area contributed by atoms with Crippen LogP contribution < -0.4 is 5.32 Å². The fraction of sp³-hybridized carbons (Fsp3) is 0.105. The van der Waals surface area contributed by atoms with Crippen molar-refractivity contribution in [2.45, 2.75) is 6.10 Å². The van der Waals surface area contributed by atoms with Gasteiger partial charge in [0.1, 0.15) is 0 Å². The summed E-state index contributed by atoms with van der Waals surface area (Å²) in [6.45, 7) is -0.0137. The van der Waals surface area contributed by atoms with Crippen LogP contribution in [0, 0.1) is 10.1 Å². The maximum atomic E-state index is 12.3. The molecule has 0 aromatic heterocycles. The van der Waals surface area contributed by atoms with Crippen LogP contribution in [-0.2, 0) is 0 Å². The van der Waals surface area contributed by atoms with Gasteiger partial charge in [0.2, 0.25) is 0 Å². The third-order valence-electron chi connectivity index (χ3n) is 4.05. The van der Waals surface area contributed by atoms with Crippen LogP contribution >= 0.6 is 11.6 Å². The molecule has 0 saturated heterocycles. The van der Waals surface area contributed by atoms with Crippen molar-refractivity contribution in [1.29, 1.82) is 0 Å². The van der Waals surface area contributed by atoms with Gasteiger partial charge in [-0.05, 0) is 22.4 Å². The van der Waals surface area contributed by atoms with Crippen LogP contribution in [0.1, 0.15) is 22.0 Å². The number of benzene rings is 3. The van der Waals surface area contributed by atoms with Crippen LogP contribution in [-0.4, -0.2) is 22.5 Å². The number of amides is 1. The third kappa shape index (κ3) is 3.66. The van der Waals surface area contributed by atoms with E-state index < -0.39 is 16.9 Å². The van der Waals surface area contributed by atoms with Crippen molar-refractivity contribution < 1.29 is 14.8 Å². The Hall–Kier alpha value is -2.96. The van der Waals surface area contributed by atoms with Crippen LogP contribution in [0.5, 0.6) is 0 Å². The molecule has 0 radical (unpaired) electrons. The van der Waals surface area contributed by atoms with E-state index in [1.54, 1.807) is 6.07 Å². The molecule has 0 aliphatic rings. The number of carbonyl (C=O) groups excluding carboxylic acids is 1. The van der Waals surface area contributed by atoms with Gasteiger partial charge in [-0.1, -0.05) is 54.1 Å². The Morgan fingerprint density at radius 1 is 1.15 bits per heavy atom. The highest BCUT2D eigenvalue weighted by Crippen LogP contribution is 2.25. The van der Waals surface area contributed by atoms with E-state index in [2.05, 4.69) is 5.32 Å². The molecule has 3 aromatic carbocycles. The monoisotopic (exact) mass is 370 g/mol. The number of nitro groups is 1. The Morgan fingerprint density at radius 2 is 1.88 bits per heavy atom. The minimum atomic E-state index is -0.901. The topological polar surface area (TPSA) is 92.5 Å². The number of carbonyl (C=O) groups is 1. The molecule has 3 rings (SSSR count). The molecule has 1 amide bonds. The zero-order valence-corrected chi connectivity index (χ0v) is 14.3. The normalized spacial score (nSPS) is 11.9. The number of nitrogens with zero attached hydrogens (tertiary/aromatic N) is 1. The van der Waals surface area contributed by atoms with Crippen molar-refractivity contribution in [3.05, 3.63) is 86.9 Å². The van der Waals surface area contributed by atoms with Crippen LogP contribution in [0.2, 0.25) is 5.02 Å². The van der Waals surface area contributed by atoms with E-state index in [9.17, 15) is 20.0 Å². The van der Waals surface area contributed by atoms with Crippen molar-refractivity contribution in [2.75, 3.05) is 6.54 Å². The van der Waals surface area contributed by atoms with Crippen molar-refractivity contribution in [1.82, 2.24) is 5.32 Å². The quantitative estimate of drug-likeness (QED) is 0.526.